The number of anilines is 1. The number of nitrogens with zero attached hydrogens (tertiary/aromatic N) is 2. The number of carbonyl (C=O) groups excluding carboxylic acids is 1. The standard InChI is InChI=1S/C28H25N5O3S/c1-33-17-23(25(34)14-9-18-7-10-20(11-8-18)28(29)30)22-13-12-21(16-24(22)33)32-37(35,36)26-6-2-4-19-5-3-15-31-27(19)26/h2-8,10-13,15-17,32H,9,14H2,1H3,(H3,29,30). The monoisotopic (exact) mass is 511 g/mol. The summed E-state index contributed by atoms with van der Waals surface area (Å²) in [5.41, 5.74) is 9.26. The Morgan fingerprint density at radius 2 is 1.81 bits per heavy atom. The van der Waals surface area contributed by atoms with Crippen LogP contribution in [0.1, 0.15) is 27.9 Å². The van der Waals surface area contributed by atoms with E-state index in [2.05, 4.69) is 9.71 Å². The molecule has 0 unspecified atom stereocenters. The first kappa shape index (κ1) is 24.2. The maximum atomic E-state index is 13.2. The third-order valence-corrected chi connectivity index (χ3v) is 7.75. The quantitative estimate of drug-likeness (QED) is 0.159. The van der Waals surface area contributed by atoms with E-state index in [9.17, 15) is 13.2 Å². The minimum atomic E-state index is -3.89. The minimum absolute atomic E-state index is 0.00333. The zero-order chi connectivity index (χ0) is 26.2. The van der Waals surface area contributed by atoms with Crippen LogP contribution in [0.15, 0.2) is 90.1 Å². The second-order valence-electron chi connectivity index (χ2n) is 8.86. The van der Waals surface area contributed by atoms with Gasteiger partial charge in [0.1, 0.15) is 10.7 Å². The number of ketones is 1. The first-order valence-corrected chi connectivity index (χ1v) is 13.1. The van der Waals surface area contributed by atoms with Gasteiger partial charge in [0, 0.05) is 47.8 Å². The zero-order valence-electron chi connectivity index (χ0n) is 20.1. The van der Waals surface area contributed by atoms with Gasteiger partial charge >= 0.3 is 0 Å². The molecule has 3 aromatic carbocycles. The van der Waals surface area contributed by atoms with Crippen molar-refractivity contribution < 1.29 is 13.2 Å². The average Bonchev–Trinajstić information content (AvgIpc) is 3.22. The number of rotatable bonds is 8. The summed E-state index contributed by atoms with van der Waals surface area (Å²) in [7, 11) is -2.06. The maximum Gasteiger partial charge on any atom is 0.264 e. The number of benzene rings is 3. The van der Waals surface area contributed by atoms with Crippen LogP contribution in [0.25, 0.3) is 21.8 Å². The Balaban J connectivity index is 1.37. The SMILES string of the molecule is Cn1cc(C(=O)CCc2ccc(C(=N)N)cc2)c2ccc(NS(=O)(=O)c3cccc4cccnc34)cc21. The summed E-state index contributed by atoms with van der Waals surface area (Å²) in [6, 6.07) is 21.1. The van der Waals surface area contributed by atoms with E-state index in [1.165, 1.54) is 6.07 Å². The first-order valence-electron chi connectivity index (χ1n) is 11.6. The Hall–Kier alpha value is -4.50. The van der Waals surface area contributed by atoms with Crippen LogP contribution < -0.4 is 10.5 Å². The number of para-hydroxylation sites is 1. The van der Waals surface area contributed by atoms with Crippen LogP contribution in [0.5, 0.6) is 0 Å². The maximum absolute atomic E-state index is 13.2. The lowest BCUT2D eigenvalue weighted by Gasteiger charge is -2.10. The van der Waals surface area contributed by atoms with Crippen molar-refractivity contribution in [1.82, 2.24) is 9.55 Å². The molecule has 0 atom stereocenters. The summed E-state index contributed by atoms with van der Waals surface area (Å²) in [5, 5.41) is 8.98. The van der Waals surface area contributed by atoms with E-state index >= 15 is 0 Å². The fourth-order valence-corrected chi connectivity index (χ4v) is 5.65. The molecule has 0 saturated carbocycles. The Morgan fingerprint density at radius 1 is 1.05 bits per heavy atom. The predicted molar refractivity (Wildman–Crippen MR) is 146 cm³/mol. The number of pyridine rings is 1. The van der Waals surface area contributed by atoms with E-state index in [-0.39, 0.29) is 16.5 Å². The minimum Gasteiger partial charge on any atom is -0.384 e. The number of sulfonamides is 1. The fraction of sp³-hybridized carbons (Fsp3) is 0.107. The molecule has 8 nitrogen and oxygen atoms in total. The molecule has 0 aliphatic carbocycles. The summed E-state index contributed by atoms with van der Waals surface area (Å²) >= 11 is 0. The van der Waals surface area contributed by atoms with E-state index in [1.54, 1.807) is 54.9 Å². The molecule has 0 radical (unpaired) electrons. The number of hydrogen-bond donors (Lipinski definition) is 3. The largest absolute Gasteiger partial charge is 0.384 e. The predicted octanol–water partition coefficient (Wildman–Crippen LogP) is 4.63. The third-order valence-electron chi connectivity index (χ3n) is 6.33. The lowest BCUT2D eigenvalue weighted by Crippen LogP contribution is -2.13. The van der Waals surface area contributed by atoms with Gasteiger partial charge < -0.3 is 10.3 Å². The molecule has 0 amide bonds. The topological polar surface area (TPSA) is 131 Å². The van der Waals surface area contributed by atoms with Gasteiger partial charge in [0.25, 0.3) is 10.0 Å². The van der Waals surface area contributed by atoms with E-state index in [4.69, 9.17) is 11.1 Å². The van der Waals surface area contributed by atoms with Gasteiger partial charge in [-0.3, -0.25) is 19.9 Å². The van der Waals surface area contributed by atoms with Crippen molar-refractivity contribution in [1.29, 1.82) is 5.41 Å². The van der Waals surface area contributed by atoms with Crippen LogP contribution in [0, 0.1) is 5.41 Å². The number of fused-ring (bicyclic) bond motifs is 2. The van der Waals surface area contributed by atoms with Crippen molar-refractivity contribution in [2.75, 3.05) is 4.72 Å². The number of aryl methyl sites for hydroxylation is 2. The molecule has 9 heteroatoms. The van der Waals surface area contributed by atoms with Crippen molar-refractivity contribution in [3.8, 4) is 0 Å². The van der Waals surface area contributed by atoms with Crippen LogP contribution in [0.4, 0.5) is 5.69 Å². The lowest BCUT2D eigenvalue weighted by molar-refractivity contribution is 0.0984. The van der Waals surface area contributed by atoms with Crippen molar-refractivity contribution in [3.05, 3.63) is 102 Å². The molecule has 0 spiro atoms. The molecular weight excluding hydrogens is 486 g/mol. The number of Topliss-reactive ketones (excluding diaryl/α,β-unsaturated/α-hetero) is 1. The van der Waals surface area contributed by atoms with Gasteiger partial charge in [0.15, 0.2) is 5.78 Å². The van der Waals surface area contributed by atoms with Gasteiger partial charge in [-0.25, -0.2) is 8.42 Å². The molecule has 2 aromatic heterocycles. The van der Waals surface area contributed by atoms with Crippen molar-refractivity contribution in [3.63, 3.8) is 0 Å². The smallest absolute Gasteiger partial charge is 0.264 e. The molecule has 5 aromatic rings. The van der Waals surface area contributed by atoms with Crippen LogP contribution in [0.3, 0.4) is 0 Å². The van der Waals surface area contributed by atoms with Crippen LogP contribution >= 0.6 is 0 Å². The van der Waals surface area contributed by atoms with Crippen LogP contribution in [-0.2, 0) is 23.5 Å². The number of nitrogens with two attached hydrogens (primary N) is 1. The van der Waals surface area contributed by atoms with E-state index in [0.717, 1.165) is 21.9 Å². The van der Waals surface area contributed by atoms with Gasteiger partial charge in [-0.2, -0.15) is 0 Å². The van der Waals surface area contributed by atoms with Crippen molar-refractivity contribution in [2.24, 2.45) is 12.8 Å². The molecular formula is C28H25N5O3S. The summed E-state index contributed by atoms with van der Waals surface area (Å²) < 4.78 is 30.9. The highest BCUT2D eigenvalue weighted by Crippen LogP contribution is 2.28. The molecule has 0 aliphatic rings. The second-order valence-corrected chi connectivity index (χ2v) is 10.5. The van der Waals surface area contributed by atoms with Crippen LogP contribution in [-0.4, -0.2) is 29.6 Å². The Labute approximate surface area is 214 Å². The Morgan fingerprint density at radius 3 is 2.57 bits per heavy atom. The molecule has 186 valence electrons. The number of amidine groups is 1. The molecule has 37 heavy (non-hydrogen) atoms. The van der Waals surface area contributed by atoms with E-state index < -0.39 is 10.0 Å². The molecule has 4 N–H and O–H groups in total. The average molecular weight is 512 g/mol. The first-order chi connectivity index (χ1) is 17.7. The molecule has 0 aliphatic heterocycles. The summed E-state index contributed by atoms with van der Waals surface area (Å²) in [4.78, 5) is 17.4. The summed E-state index contributed by atoms with van der Waals surface area (Å²) in [6.07, 6.45) is 4.22. The highest BCUT2D eigenvalue weighted by atomic mass is 32.2. The number of carbonyl (C=O) groups is 1. The molecule has 0 bridgehead atoms. The number of nitrogen functional groups attached to an aromatic ring is 1. The fourth-order valence-electron chi connectivity index (χ4n) is 4.42. The Bertz CT molecular complexity index is 1770. The van der Waals surface area contributed by atoms with Gasteiger partial charge in [0.2, 0.25) is 0 Å². The summed E-state index contributed by atoms with van der Waals surface area (Å²) in [5.74, 6) is 0.00484. The van der Waals surface area contributed by atoms with Gasteiger partial charge in [0.05, 0.1) is 16.7 Å². The number of nitrogens with one attached hydrogen (secondary N) is 2. The highest BCUT2D eigenvalue weighted by Gasteiger charge is 2.20. The van der Waals surface area contributed by atoms with Gasteiger partial charge in [-0.15, -0.1) is 0 Å². The number of aromatic nitrogens is 2. The molecule has 0 saturated heterocycles. The van der Waals surface area contributed by atoms with Crippen molar-refractivity contribution in [2.45, 2.75) is 17.7 Å². The zero-order valence-corrected chi connectivity index (χ0v) is 20.9. The van der Waals surface area contributed by atoms with Gasteiger partial charge in [-0.05, 0) is 36.2 Å². The number of hydrogen-bond acceptors (Lipinski definition) is 5. The lowest BCUT2D eigenvalue weighted by atomic mass is 10.0. The van der Waals surface area contributed by atoms with Crippen molar-refractivity contribution >= 4 is 49.1 Å². The van der Waals surface area contributed by atoms with Gasteiger partial charge in [-0.1, -0.05) is 48.5 Å². The second kappa shape index (κ2) is 9.51. The Kier molecular flexibility index (Phi) is 6.22. The third kappa shape index (κ3) is 4.81. The summed E-state index contributed by atoms with van der Waals surface area (Å²) in [6.45, 7) is 0. The highest BCUT2D eigenvalue weighted by molar-refractivity contribution is 7.93. The normalized spacial score (nSPS) is 11.6. The van der Waals surface area contributed by atoms with Crippen LogP contribution in [0.2, 0.25) is 0 Å². The molecule has 5 rings (SSSR count). The van der Waals surface area contributed by atoms with E-state index in [1.807, 2.05) is 35.9 Å². The molecule has 2 heterocycles. The van der Waals surface area contributed by atoms with E-state index in [0.29, 0.717) is 35.2 Å². The molecule has 0 fully saturated rings.